The van der Waals surface area contributed by atoms with Crippen molar-refractivity contribution in [1.82, 2.24) is 0 Å². The minimum absolute atomic E-state index is 0.0199. The highest BCUT2D eigenvalue weighted by atomic mass is 32.2. The summed E-state index contributed by atoms with van der Waals surface area (Å²) < 4.78 is 18.2. The summed E-state index contributed by atoms with van der Waals surface area (Å²) in [7, 11) is 0. The number of benzene rings is 2. The van der Waals surface area contributed by atoms with Gasteiger partial charge in [-0.3, -0.25) is 4.79 Å². The highest BCUT2D eigenvalue weighted by Crippen LogP contribution is 2.28. The van der Waals surface area contributed by atoms with Crippen molar-refractivity contribution in [3.8, 4) is 5.75 Å². The molecule has 1 heterocycles. The molecule has 0 atom stereocenters. The topological polar surface area (TPSA) is 38.3 Å². The van der Waals surface area contributed by atoms with Crippen LogP contribution in [0.5, 0.6) is 5.75 Å². The highest BCUT2D eigenvalue weighted by molar-refractivity contribution is 7.99. The van der Waals surface area contributed by atoms with E-state index >= 15 is 0 Å². The van der Waals surface area contributed by atoms with E-state index in [1.807, 2.05) is 18.2 Å². The number of amides is 1. The van der Waals surface area contributed by atoms with Crippen molar-refractivity contribution in [2.75, 3.05) is 17.7 Å². The molecule has 0 radical (unpaired) electrons. The number of halogens is 1. The lowest BCUT2D eigenvalue weighted by Crippen LogP contribution is -2.12. The second-order valence-electron chi connectivity index (χ2n) is 5.02. The Kier molecular flexibility index (Phi) is 4.63. The Morgan fingerprint density at radius 1 is 1.23 bits per heavy atom. The van der Waals surface area contributed by atoms with E-state index in [4.69, 9.17) is 4.74 Å². The van der Waals surface area contributed by atoms with Crippen molar-refractivity contribution < 1.29 is 13.9 Å². The van der Waals surface area contributed by atoms with Crippen LogP contribution in [0.25, 0.3) is 0 Å². The summed E-state index contributed by atoms with van der Waals surface area (Å²) >= 11 is 1.54. The molecule has 3 nitrogen and oxygen atoms in total. The zero-order chi connectivity index (χ0) is 15.4. The Bertz CT molecular complexity index is 673. The maximum atomic E-state index is 12.8. The molecule has 0 aromatic heterocycles. The third kappa shape index (κ3) is 3.80. The van der Waals surface area contributed by atoms with Crippen molar-refractivity contribution >= 4 is 23.4 Å². The molecule has 3 rings (SSSR count). The molecule has 0 fully saturated rings. The minimum atomic E-state index is -0.248. The standard InChI is InChI=1S/C17H16FNO2S/c18-13-1-4-15(5-2-13)22-10-8-17(20)19-14-3-6-16-12(11-14)7-9-21-16/h1-6,11H,7-10H2,(H,19,20). The van der Waals surface area contributed by atoms with Crippen molar-refractivity contribution in [3.63, 3.8) is 0 Å². The number of hydrogen-bond donors (Lipinski definition) is 1. The summed E-state index contributed by atoms with van der Waals surface area (Å²) in [6, 6.07) is 12.0. The van der Waals surface area contributed by atoms with E-state index in [0.29, 0.717) is 18.8 Å². The summed E-state index contributed by atoms with van der Waals surface area (Å²) in [6.07, 6.45) is 1.30. The molecule has 0 aliphatic carbocycles. The van der Waals surface area contributed by atoms with E-state index in [9.17, 15) is 9.18 Å². The lowest BCUT2D eigenvalue weighted by Gasteiger charge is -2.07. The zero-order valence-corrected chi connectivity index (χ0v) is 12.8. The van der Waals surface area contributed by atoms with Gasteiger partial charge in [-0.2, -0.15) is 0 Å². The van der Waals surface area contributed by atoms with Crippen LogP contribution in [0.1, 0.15) is 12.0 Å². The number of thioether (sulfide) groups is 1. The fourth-order valence-corrected chi connectivity index (χ4v) is 3.13. The monoisotopic (exact) mass is 317 g/mol. The maximum absolute atomic E-state index is 12.8. The molecule has 0 saturated carbocycles. The minimum Gasteiger partial charge on any atom is -0.493 e. The van der Waals surface area contributed by atoms with Gasteiger partial charge in [0.1, 0.15) is 11.6 Å². The third-order valence-electron chi connectivity index (χ3n) is 3.38. The van der Waals surface area contributed by atoms with Crippen LogP contribution in [0, 0.1) is 5.82 Å². The maximum Gasteiger partial charge on any atom is 0.225 e. The van der Waals surface area contributed by atoms with E-state index in [-0.39, 0.29) is 11.7 Å². The van der Waals surface area contributed by atoms with Crippen molar-refractivity contribution in [2.45, 2.75) is 17.7 Å². The predicted octanol–water partition coefficient (Wildman–Crippen LogP) is 3.88. The van der Waals surface area contributed by atoms with E-state index < -0.39 is 0 Å². The van der Waals surface area contributed by atoms with E-state index in [2.05, 4.69) is 5.32 Å². The molecule has 22 heavy (non-hydrogen) atoms. The predicted molar refractivity (Wildman–Crippen MR) is 86.0 cm³/mol. The molecule has 2 aromatic rings. The molecule has 114 valence electrons. The van der Waals surface area contributed by atoms with E-state index in [1.54, 1.807) is 23.9 Å². The average Bonchev–Trinajstić information content (AvgIpc) is 2.97. The number of hydrogen-bond acceptors (Lipinski definition) is 3. The largest absolute Gasteiger partial charge is 0.493 e. The first-order valence-corrected chi connectivity index (χ1v) is 8.13. The van der Waals surface area contributed by atoms with Crippen LogP contribution in [0.3, 0.4) is 0 Å². The van der Waals surface area contributed by atoms with Gasteiger partial charge in [-0.1, -0.05) is 0 Å². The third-order valence-corrected chi connectivity index (χ3v) is 4.40. The lowest BCUT2D eigenvalue weighted by atomic mass is 10.1. The zero-order valence-electron chi connectivity index (χ0n) is 12.0. The van der Waals surface area contributed by atoms with Crippen LogP contribution >= 0.6 is 11.8 Å². The first-order chi connectivity index (χ1) is 10.7. The fourth-order valence-electron chi connectivity index (χ4n) is 2.28. The number of anilines is 1. The van der Waals surface area contributed by atoms with Gasteiger partial charge in [0.2, 0.25) is 5.91 Å². The number of fused-ring (bicyclic) bond motifs is 1. The molecular weight excluding hydrogens is 301 g/mol. The number of ether oxygens (including phenoxy) is 1. The fraction of sp³-hybridized carbons (Fsp3) is 0.235. The Hall–Kier alpha value is -2.01. The van der Waals surface area contributed by atoms with Crippen LogP contribution in [0.2, 0.25) is 0 Å². The SMILES string of the molecule is O=C(CCSc1ccc(F)cc1)Nc1ccc2c(c1)CCO2. The molecule has 0 saturated heterocycles. The quantitative estimate of drug-likeness (QED) is 0.851. The molecule has 2 aromatic carbocycles. The summed E-state index contributed by atoms with van der Waals surface area (Å²) in [5.74, 6) is 1.30. The van der Waals surface area contributed by atoms with Gasteiger partial charge >= 0.3 is 0 Å². The molecule has 1 aliphatic rings. The lowest BCUT2D eigenvalue weighted by molar-refractivity contribution is -0.115. The second-order valence-corrected chi connectivity index (χ2v) is 6.19. The number of nitrogens with one attached hydrogen (secondary N) is 1. The molecule has 1 aliphatic heterocycles. The van der Waals surface area contributed by atoms with Gasteiger partial charge in [-0.05, 0) is 48.0 Å². The average molecular weight is 317 g/mol. The number of carbonyl (C=O) groups excluding carboxylic acids is 1. The summed E-state index contributed by atoms with van der Waals surface area (Å²) in [5, 5.41) is 2.90. The second kappa shape index (κ2) is 6.83. The van der Waals surface area contributed by atoms with Crippen molar-refractivity contribution in [2.24, 2.45) is 0 Å². The van der Waals surface area contributed by atoms with E-state index in [1.165, 1.54) is 12.1 Å². The van der Waals surface area contributed by atoms with Gasteiger partial charge in [0.15, 0.2) is 0 Å². The van der Waals surface area contributed by atoms with Crippen LogP contribution in [0.15, 0.2) is 47.4 Å². The summed E-state index contributed by atoms with van der Waals surface area (Å²) in [4.78, 5) is 12.9. The first kappa shape index (κ1) is 14.9. The van der Waals surface area contributed by atoms with Crippen LogP contribution in [0.4, 0.5) is 10.1 Å². The molecule has 0 spiro atoms. The highest BCUT2D eigenvalue weighted by Gasteiger charge is 2.12. The van der Waals surface area contributed by atoms with Gasteiger partial charge in [-0.15, -0.1) is 11.8 Å². The Balaban J connectivity index is 1.47. The van der Waals surface area contributed by atoms with Crippen molar-refractivity contribution in [3.05, 3.63) is 53.8 Å². The smallest absolute Gasteiger partial charge is 0.225 e. The van der Waals surface area contributed by atoms with Gasteiger partial charge in [0, 0.05) is 29.2 Å². The Morgan fingerprint density at radius 2 is 2.05 bits per heavy atom. The summed E-state index contributed by atoms with van der Waals surface area (Å²) in [5.41, 5.74) is 1.94. The van der Waals surface area contributed by atoms with Gasteiger partial charge in [0.25, 0.3) is 0 Å². The number of carbonyl (C=O) groups is 1. The molecule has 1 amide bonds. The van der Waals surface area contributed by atoms with Crippen LogP contribution in [-0.2, 0) is 11.2 Å². The van der Waals surface area contributed by atoms with E-state index in [0.717, 1.165) is 28.3 Å². The molecular formula is C17H16FNO2S. The Labute approximate surface area is 132 Å². The number of rotatable bonds is 5. The molecule has 0 bridgehead atoms. The van der Waals surface area contributed by atoms with Gasteiger partial charge < -0.3 is 10.1 Å². The summed E-state index contributed by atoms with van der Waals surface area (Å²) in [6.45, 7) is 0.709. The molecule has 5 heteroatoms. The normalized spacial score (nSPS) is 12.6. The molecule has 1 N–H and O–H groups in total. The van der Waals surface area contributed by atoms with Crippen molar-refractivity contribution in [1.29, 1.82) is 0 Å². The van der Waals surface area contributed by atoms with Crippen LogP contribution in [-0.4, -0.2) is 18.3 Å². The van der Waals surface area contributed by atoms with Gasteiger partial charge in [0.05, 0.1) is 6.61 Å². The van der Waals surface area contributed by atoms with Gasteiger partial charge in [-0.25, -0.2) is 4.39 Å². The molecule has 0 unspecified atom stereocenters. The first-order valence-electron chi connectivity index (χ1n) is 7.15. The van der Waals surface area contributed by atoms with Crippen LogP contribution < -0.4 is 10.1 Å². The Morgan fingerprint density at radius 3 is 2.86 bits per heavy atom.